The van der Waals surface area contributed by atoms with Gasteiger partial charge in [-0.25, -0.2) is 0 Å². The van der Waals surface area contributed by atoms with E-state index in [0.29, 0.717) is 6.79 Å². The Labute approximate surface area is 138 Å². The highest BCUT2D eigenvalue weighted by atomic mass is 31.2. The molecule has 2 aromatic rings. The van der Waals surface area contributed by atoms with Crippen LogP contribution in [0.3, 0.4) is 0 Å². The second kappa shape index (κ2) is 6.48. The smallest absolute Gasteiger partial charge is 0.401 e. The highest BCUT2D eigenvalue weighted by Gasteiger charge is 2.27. The van der Waals surface area contributed by atoms with Gasteiger partial charge in [0.25, 0.3) is 0 Å². The fraction of sp³-hybridized carbons (Fsp3) is 0.333. The molecule has 0 atom stereocenters. The molecule has 3 rings (SSSR count). The van der Waals surface area contributed by atoms with Gasteiger partial charge in [-0.15, -0.1) is 0 Å². The van der Waals surface area contributed by atoms with Crippen LogP contribution in [0.25, 0.3) is 11.1 Å². The van der Waals surface area contributed by atoms with Gasteiger partial charge in [0.1, 0.15) is 11.5 Å². The van der Waals surface area contributed by atoms with Crippen molar-refractivity contribution in [3.63, 3.8) is 0 Å². The number of aryl methyl sites for hydroxylation is 4. The van der Waals surface area contributed by atoms with E-state index < -0.39 is 8.60 Å². The third-order valence-electron chi connectivity index (χ3n) is 3.81. The summed E-state index contributed by atoms with van der Waals surface area (Å²) in [6.45, 7) is 8.56. The van der Waals surface area contributed by atoms with Gasteiger partial charge in [-0.1, -0.05) is 12.1 Å². The molecule has 1 aliphatic heterocycles. The average molecular weight is 332 g/mol. The van der Waals surface area contributed by atoms with Gasteiger partial charge in [-0.2, -0.15) is 0 Å². The van der Waals surface area contributed by atoms with E-state index in [9.17, 15) is 0 Å². The van der Waals surface area contributed by atoms with E-state index in [1.165, 1.54) is 11.1 Å². The van der Waals surface area contributed by atoms with Crippen molar-refractivity contribution in [1.82, 2.24) is 0 Å². The minimum atomic E-state index is -1.28. The summed E-state index contributed by atoms with van der Waals surface area (Å²) < 4.78 is 22.2. The lowest BCUT2D eigenvalue weighted by molar-refractivity contribution is 0.0108. The molecule has 0 aromatic heterocycles. The summed E-state index contributed by atoms with van der Waals surface area (Å²) in [6.07, 6.45) is 0. The van der Waals surface area contributed by atoms with E-state index in [0.717, 1.165) is 33.8 Å². The monoisotopic (exact) mass is 332 g/mol. The first-order valence-electron chi connectivity index (χ1n) is 7.50. The maximum atomic E-state index is 5.97. The van der Waals surface area contributed by atoms with Crippen molar-refractivity contribution in [3.8, 4) is 22.6 Å². The molecule has 2 aromatic carbocycles. The van der Waals surface area contributed by atoms with Crippen LogP contribution in [0.2, 0.25) is 0 Å². The van der Waals surface area contributed by atoms with Crippen molar-refractivity contribution in [2.75, 3.05) is 13.9 Å². The van der Waals surface area contributed by atoms with Crippen LogP contribution in [-0.2, 0) is 9.05 Å². The minimum absolute atomic E-state index is 0.304. The molecule has 1 saturated heterocycles. The number of rotatable bonds is 4. The van der Waals surface area contributed by atoms with Crippen molar-refractivity contribution in [2.24, 2.45) is 0 Å². The molecule has 0 bridgehead atoms. The first-order valence-corrected chi connectivity index (χ1v) is 8.60. The van der Waals surface area contributed by atoms with Gasteiger partial charge in [0.2, 0.25) is 0 Å². The first-order chi connectivity index (χ1) is 11.0. The number of methoxy groups -OCH3 is 1. The van der Waals surface area contributed by atoms with Crippen molar-refractivity contribution >= 4 is 8.60 Å². The molecule has 5 heteroatoms. The zero-order valence-electron chi connectivity index (χ0n) is 14.1. The summed E-state index contributed by atoms with van der Waals surface area (Å²) in [5, 5.41) is 0. The fourth-order valence-corrected chi connectivity index (χ4v) is 3.61. The van der Waals surface area contributed by atoms with Gasteiger partial charge >= 0.3 is 8.60 Å². The summed E-state index contributed by atoms with van der Waals surface area (Å²) in [6, 6.07) is 8.47. The number of hydrogen-bond acceptors (Lipinski definition) is 4. The molecule has 4 nitrogen and oxygen atoms in total. The molecule has 0 saturated carbocycles. The van der Waals surface area contributed by atoms with Crippen molar-refractivity contribution < 1.29 is 18.3 Å². The van der Waals surface area contributed by atoms with Crippen LogP contribution in [0.5, 0.6) is 11.5 Å². The van der Waals surface area contributed by atoms with E-state index in [-0.39, 0.29) is 0 Å². The Morgan fingerprint density at radius 2 is 1.35 bits per heavy atom. The summed E-state index contributed by atoms with van der Waals surface area (Å²) in [7, 11) is 0.424. The Morgan fingerprint density at radius 3 is 1.83 bits per heavy atom. The standard InChI is InChI=1S/C18H21O4P/c1-11-6-13(3)17(19-5)15(8-11)16-9-12(2)7-14(4)18(16)22-23-20-10-21-23/h6-9H,10H2,1-5H3. The van der Waals surface area contributed by atoms with E-state index in [1.54, 1.807) is 7.11 Å². The Balaban J connectivity index is 2.18. The lowest BCUT2D eigenvalue weighted by atomic mass is 9.95. The lowest BCUT2D eigenvalue weighted by Crippen LogP contribution is -2.10. The van der Waals surface area contributed by atoms with Gasteiger partial charge in [-0.05, 0) is 62.1 Å². The lowest BCUT2D eigenvalue weighted by Gasteiger charge is -2.26. The quantitative estimate of drug-likeness (QED) is 0.721. The second-order valence-electron chi connectivity index (χ2n) is 5.81. The van der Waals surface area contributed by atoms with Crippen molar-refractivity contribution in [3.05, 3.63) is 46.5 Å². The van der Waals surface area contributed by atoms with Gasteiger partial charge in [-0.3, -0.25) is 9.05 Å². The van der Waals surface area contributed by atoms with E-state index >= 15 is 0 Å². The van der Waals surface area contributed by atoms with Crippen LogP contribution in [0.15, 0.2) is 24.3 Å². The summed E-state index contributed by atoms with van der Waals surface area (Å²) in [5.74, 6) is 1.67. The molecule has 1 fully saturated rings. The minimum Gasteiger partial charge on any atom is -0.496 e. The third-order valence-corrected chi connectivity index (χ3v) is 4.78. The Morgan fingerprint density at radius 1 is 0.826 bits per heavy atom. The number of benzene rings is 2. The van der Waals surface area contributed by atoms with Crippen LogP contribution in [-0.4, -0.2) is 13.9 Å². The van der Waals surface area contributed by atoms with Crippen LogP contribution >= 0.6 is 8.60 Å². The van der Waals surface area contributed by atoms with Gasteiger partial charge in [0.05, 0.1) is 7.11 Å². The topological polar surface area (TPSA) is 36.9 Å². The van der Waals surface area contributed by atoms with Crippen molar-refractivity contribution in [2.45, 2.75) is 27.7 Å². The number of ether oxygens (including phenoxy) is 1. The van der Waals surface area contributed by atoms with Crippen LogP contribution < -0.4 is 9.26 Å². The molecule has 0 N–H and O–H groups in total. The third kappa shape index (κ3) is 3.20. The van der Waals surface area contributed by atoms with Crippen molar-refractivity contribution in [1.29, 1.82) is 0 Å². The molecule has 1 heterocycles. The second-order valence-corrected chi connectivity index (χ2v) is 6.96. The molecule has 0 amide bonds. The van der Waals surface area contributed by atoms with Gasteiger partial charge in [0, 0.05) is 11.1 Å². The van der Waals surface area contributed by atoms with Crippen LogP contribution in [0, 0.1) is 27.7 Å². The molecule has 0 radical (unpaired) electrons. The Kier molecular flexibility index (Phi) is 4.58. The molecular formula is C18H21O4P. The zero-order chi connectivity index (χ0) is 16.6. The predicted octanol–water partition coefficient (Wildman–Crippen LogP) is 5.21. The summed E-state index contributed by atoms with van der Waals surface area (Å²) >= 11 is 0. The molecule has 0 spiro atoms. The number of hydrogen-bond donors (Lipinski definition) is 0. The highest BCUT2D eigenvalue weighted by molar-refractivity contribution is 7.43. The molecular weight excluding hydrogens is 311 g/mol. The average Bonchev–Trinajstić information content (AvgIpc) is 2.43. The van der Waals surface area contributed by atoms with Gasteiger partial charge in [0.15, 0.2) is 6.79 Å². The predicted molar refractivity (Wildman–Crippen MR) is 92.0 cm³/mol. The fourth-order valence-electron chi connectivity index (χ4n) is 2.92. The normalized spacial score (nSPS) is 14.5. The molecule has 0 aliphatic carbocycles. The Bertz CT molecular complexity index is 738. The van der Waals surface area contributed by atoms with E-state index in [2.05, 4.69) is 45.0 Å². The molecule has 23 heavy (non-hydrogen) atoms. The highest BCUT2D eigenvalue weighted by Crippen LogP contribution is 2.52. The van der Waals surface area contributed by atoms with Crippen LogP contribution in [0.4, 0.5) is 0 Å². The zero-order valence-corrected chi connectivity index (χ0v) is 15.0. The first kappa shape index (κ1) is 16.3. The molecule has 122 valence electrons. The summed E-state index contributed by atoms with van der Waals surface area (Å²) in [5.41, 5.74) is 6.56. The van der Waals surface area contributed by atoms with E-state index in [1.807, 2.05) is 6.92 Å². The maximum Gasteiger partial charge on any atom is 0.401 e. The Hall–Kier alpha value is -1.61. The van der Waals surface area contributed by atoms with Gasteiger partial charge < -0.3 is 9.26 Å². The summed E-state index contributed by atoms with van der Waals surface area (Å²) in [4.78, 5) is 0. The SMILES string of the molecule is COc1c(C)cc(C)cc1-c1cc(C)cc(C)c1OP1OCO1. The molecule has 1 aliphatic rings. The van der Waals surface area contributed by atoms with E-state index in [4.69, 9.17) is 18.3 Å². The largest absolute Gasteiger partial charge is 0.496 e. The maximum absolute atomic E-state index is 5.97. The van der Waals surface area contributed by atoms with Crippen LogP contribution in [0.1, 0.15) is 22.3 Å². The molecule has 0 unspecified atom stereocenters.